The molecule has 0 aliphatic carbocycles. The van der Waals surface area contributed by atoms with Crippen molar-refractivity contribution in [3.8, 4) is 0 Å². The van der Waals surface area contributed by atoms with E-state index in [1.54, 1.807) is 20.0 Å². The van der Waals surface area contributed by atoms with Gasteiger partial charge in [-0.1, -0.05) is 12.1 Å². The number of nitrogens with zero attached hydrogens (tertiary/aromatic N) is 1. The number of halogens is 1. The first kappa shape index (κ1) is 15.4. The van der Waals surface area contributed by atoms with Crippen molar-refractivity contribution in [1.82, 2.24) is 10.2 Å². The summed E-state index contributed by atoms with van der Waals surface area (Å²) in [5.41, 5.74) is 0.923. The second kappa shape index (κ2) is 7.74. The van der Waals surface area contributed by atoms with Gasteiger partial charge < -0.3 is 15.3 Å². The third-order valence-electron chi connectivity index (χ3n) is 3.05. The molecule has 0 aliphatic heterocycles. The summed E-state index contributed by atoms with van der Waals surface area (Å²) in [4.78, 5) is 13.1. The maximum absolute atomic E-state index is 12.9. The third-order valence-corrected chi connectivity index (χ3v) is 3.05. The molecule has 0 spiro atoms. The van der Waals surface area contributed by atoms with Crippen molar-refractivity contribution < 1.29 is 14.3 Å². The van der Waals surface area contributed by atoms with Crippen LogP contribution in [0.25, 0.3) is 0 Å². The highest BCUT2D eigenvalue weighted by Crippen LogP contribution is 2.05. The van der Waals surface area contributed by atoms with Crippen molar-refractivity contribution in [2.24, 2.45) is 0 Å². The Hall–Kier alpha value is -1.62. The fraction of sp³-hybridized carbons (Fsp3) is 0.500. The predicted octanol–water partition coefficient (Wildman–Crippen LogP) is 1.78. The van der Waals surface area contributed by atoms with E-state index in [4.69, 9.17) is 5.11 Å². The van der Waals surface area contributed by atoms with E-state index in [9.17, 15) is 9.18 Å². The van der Waals surface area contributed by atoms with Gasteiger partial charge in [-0.15, -0.1) is 0 Å². The molecular formula is C14H21FN2O2. The first-order valence-corrected chi connectivity index (χ1v) is 6.40. The Balaban J connectivity index is 2.26. The van der Waals surface area contributed by atoms with E-state index in [0.29, 0.717) is 6.54 Å². The predicted molar refractivity (Wildman–Crippen MR) is 72.4 cm³/mol. The van der Waals surface area contributed by atoms with Crippen LogP contribution in [0.5, 0.6) is 0 Å². The molecule has 1 aromatic rings. The molecule has 106 valence electrons. The van der Waals surface area contributed by atoms with Crippen LogP contribution in [0.1, 0.15) is 18.9 Å². The fourth-order valence-corrected chi connectivity index (χ4v) is 1.63. The zero-order valence-electron chi connectivity index (χ0n) is 11.4. The number of benzene rings is 1. The zero-order valence-corrected chi connectivity index (χ0v) is 11.4. The molecule has 0 saturated heterocycles. The van der Waals surface area contributed by atoms with Gasteiger partial charge in [-0.05, 0) is 37.5 Å². The number of aryl methyl sites for hydroxylation is 1. The summed E-state index contributed by atoms with van der Waals surface area (Å²) in [6.07, 6.45) is 1.47. The molecule has 0 radical (unpaired) electrons. The van der Waals surface area contributed by atoms with E-state index >= 15 is 0 Å². The molecule has 2 amide bonds. The normalized spacial score (nSPS) is 12.0. The van der Waals surface area contributed by atoms with E-state index in [1.807, 2.05) is 6.07 Å². The molecule has 1 rings (SSSR count). The van der Waals surface area contributed by atoms with Gasteiger partial charge >= 0.3 is 6.03 Å². The summed E-state index contributed by atoms with van der Waals surface area (Å²) in [6, 6.07) is 6.05. The van der Waals surface area contributed by atoms with Gasteiger partial charge in [-0.2, -0.15) is 0 Å². The molecule has 0 saturated carbocycles. The Kier molecular flexibility index (Phi) is 6.29. The summed E-state index contributed by atoms with van der Waals surface area (Å²) < 4.78 is 12.9. The molecule has 0 aromatic heterocycles. The highest BCUT2D eigenvalue weighted by molar-refractivity contribution is 5.74. The van der Waals surface area contributed by atoms with Gasteiger partial charge in [-0.3, -0.25) is 0 Å². The molecule has 2 N–H and O–H groups in total. The highest BCUT2D eigenvalue weighted by Gasteiger charge is 2.13. The minimum Gasteiger partial charge on any atom is -0.394 e. The lowest BCUT2D eigenvalue weighted by Crippen LogP contribution is -2.44. The van der Waals surface area contributed by atoms with Crippen LogP contribution in [0.2, 0.25) is 0 Å². The number of rotatable bonds is 6. The number of nitrogens with one attached hydrogen (secondary N) is 1. The van der Waals surface area contributed by atoms with Gasteiger partial charge in [-0.25, -0.2) is 9.18 Å². The monoisotopic (exact) mass is 268 g/mol. The number of hydrogen-bond donors (Lipinski definition) is 2. The van der Waals surface area contributed by atoms with Crippen molar-refractivity contribution >= 4 is 6.03 Å². The Bertz CT molecular complexity index is 412. The van der Waals surface area contributed by atoms with Crippen LogP contribution in [-0.2, 0) is 6.42 Å². The topological polar surface area (TPSA) is 52.6 Å². The Morgan fingerprint density at radius 1 is 1.53 bits per heavy atom. The average molecular weight is 268 g/mol. The van der Waals surface area contributed by atoms with Crippen LogP contribution in [0.3, 0.4) is 0 Å². The minimum atomic E-state index is -0.238. The van der Waals surface area contributed by atoms with E-state index < -0.39 is 0 Å². The maximum atomic E-state index is 12.9. The van der Waals surface area contributed by atoms with Crippen LogP contribution in [-0.4, -0.2) is 42.3 Å². The van der Waals surface area contributed by atoms with E-state index in [-0.39, 0.29) is 24.5 Å². The van der Waals surface area contributed by atoms with Crippen molar-refractivity contribution in [1.29, 1.82) is 0 Å². The number of carbonyl (C=O) groups excluding carboxylic acids is 1. The maximum Gasteiger partial charge on any atom is 0.317 e. The Morgan fingerprint density at radius 2 is 2.26 bits per heavy atom. The summed E-state index contributed by atoms with van der Waals surface area (Å²) in [6.45, 7) is 2.23. The number of amides is 2. The smallest absolute Gasteiger partial charge is 0.317 e. The van der Waals surface area contributed by atoms with Crippen LogP contribution in [0, 0.1) is 5.82 Å². The van der Waals surface area contributed by atoms with Crippen molar-refractivity contribution in [2.45, 2.75) is 25.8 Å². The van der Waals surface area contributed by atoms with Crippen molar-refractivity contribution in [2.75, 3.05) is 20.2 Å². The van der Waals surface area contributed by atoms with Gasteiger partial charge in [0.05, 0.1) is 12.6 Å². The lowest BCUT2D eigenvalue weighted by molar-refractivity contribution is 0.157. The molecule has 0 bridgehead atoms. The van der Waals surface area contributed by atoms with Crippen LogP contribution in [0.4, 0.5) is 9.18 Å². The van der Waals surface area contributed by atoms with Gasteiger partial charge in [0, 0.05) is 13.6 Å². The average Bonchev–Trinajstić information content (AvgIpc) is 2.41. The van der Waals surface area contributed by atoms with Gasteiger partial charge in [0.15, 0.2) is 0 Å². The Morgan fingerprint density at radius 3 is 2.89 bits per heavy atom. The third kappa shape index (κ3) is 5.26. The van der Waals surface area contributed by atoms with Gasteiger partial charge in [0.25, 0.3) is 0 Å². The molecule has 5 heteroatoms. The first-order chi connectivity index (χ1) is 9.04. The standard InChI is InChI=1S/C14H21FN2O2/c1-11(10-18)17(2)14(19)16-8-4-6-12-5-3-7-13(15)9-12/h3,5,7,9,11,18H,4,6,8,10H2,1-2H3,(H,16,19). The summed E-state index contributed by atoms with van der Waals surface area (Å²) in [7, 11) is 1.64. The molecule has 19 heavy (non-hydrogen) atoms. The molecule has 4 nitrogen and oxygen atoms in total. The fourth-order valence-electron chi connectivity index (χ4n) is 1.63. The number of urea groups is 1. The van der Waals surface area contributed by atoms with E-state index in [0.717, 1.165) is 18.4 Å². The lowest BCUT2D eigenvalue weighted by atomic mass is 10.1. The van der Waals surface area contributed by atoms with E-state index in [2.05, 4.69) is 5.32 Å². The molecule has 1 unspecified atom stereocenters. The largest absolute Gasteiger partial charge is 0.394 e. The minimum absolute atomic E-state index is 0.0623. The highest BCUT2D eigenvalue weighted by atomic mass is 19.1. The number of likely N-dealkylation sites (N-methyl/N-ethyl adjacent to an activating group) is 1. The van der Waals surface area contributed by atoms with E-state index in [1.165, 1.54) is 17.0 Å². The van der Waals surface area contributed by atoms with Crippen LogP contribution >= 0.6 is 0 Å². The number of aliphatic hydroxyl groups excluding tert-OH is 1. The molecular weight excluding hydrogens is 247 g/mol. The molecule has 0 fully saturated rings. The summed E-state index contributed by atoms with van der Waals surface area (Å²) in [5, 5.41) is 11.7. The quantitative estimate of drug-likeness (QED) is 0.773. The molecule has 1 aromatic carbocycles. The SMILES string of the molecule is CC(CO)N(C)C(=O)NCCCc1cccc(F)c1. The number of hydrogen-bond acceptors (Lipinski definition) is 2. The van der Waals surface area contributed by atoms with Crippen LogP contribution < -0.4 is 5.32 Å². The number of carbonyl (C=O) groups is 1. The molecule has 0 aliphatic rings. The zero-order chi connectivity index (χ0) is 14.3. The second-order valence-electron chi connectivity index (χ2n) is 4.61. The molecule has 1 atom stereocenters. The summed E-state index contributed by atoms with van der Waals surface area (Å²) in [5.74, 6) is -0.238. The van der Waals surface area contributed by atoms with Gasteiger partial charge in [0.2, 0.25) is 0 Å². The summed E-state index contributed by atoms with van der Waals surface area (Å²) >= 11 is 0. The van der Waals surface area contributed by atoms with Crippen LogP contribution in [0.15, 0.2) is 24.3 Å². The van der Waals surface area contributed by atoms with Crippen molar-refractivity contribution in [3.05, 3.63) is 35.6 Å². The van der Waals surface area contributed by atoms with Gasteiger partial charge in [0.1, 0.15) is 5.82 Å². The second-order valence-corrected chi connectivity index (χ2v) is 4.61. The molecule has 0 heterocycles. The Labute approximate surface area is 113 Å². The number of aliphatic hydroxyl groups is 1. The lowest BCUT2D eigenvalue weighted by Gasteiger charge is -2.23. The van der Waals surface area contributed by atoms with Crippen molar-refractivity contribution in [3.63, 3.8) is 0 Å². The first-order valence-electron chi connectivity index (χ1n) is 6.40.